The van der Waals surface area contributed by atoms with Crippen LogP contribution in [0.3, 0.4) is 0 Å². The molecule has 0 aliphatic heterocycles. The monoisotopic (exact) mass is 332 g/mol. The van der Waals surface area contributed by atoms with Gasteiger partial charge in [-0.3, -0.25) is 4.99 Å². The van der Waals surface area contributed by atoms with E-state index in [1.807, 2.05) is 26.0 Å². The normalized spacial score (nSPS) is 14.4. The van der Waals surface area contributed by atoms with Gasteiger partial charge in [-0.15, -0.1) is 0 Å². The predicted molar refractivity (Wildman–Crippen MR) is 112 cm³/mol. The Balaban J connectivity index is 0.00000109. The van der Waals surface area contributed by atoms with Crippen molar-refractivity contribution in [1.29, 1.82) is 0 Å². The third kappa shape index (κ3) is 3.58. The first-order valence-electron chi connectivity index (χ1n) is 8.85. The fourth-order valence-corrected chi connectivity index (χ4v) is 3.26. The molecule has 2 aromatic rings. The minimum atomic E-state index is 0.0179. The molecule has 2 heteroatoms. The smallest absolute Gasteiger partial charge is 0.124 e. The molecule has 1 N–H and O–H groups in total. The van der Waals surface area contributed by atoms with Gasteiger partial charge in [-0.2, -0.15) is 0 Å². The zero-order valence-electron chi connectivity index (χ0n) is 15.9. The maximum absolute atomic E-state index is 4.26. The van der Waals surface area contributed by atoms with E-state index >= 15 is 0 Å². The minimum absolute atomic E-state index is 0.0179. The van der Waals surface area contributed by atoms with Crippen molar-refractivity contribution >= 4 is 11.5 Å². The summed E-state index contributed by atoms with van der Waals surface area (Å²) >= 11 is 0. The maximum Gasteiger partial charge on any atom is 0.124 e. The van der Waals surface area contributed by atoms with Gasteiger partial charge in [-0.25, -0.2) is 0 Å². The molecule has 1 aliphatic carbocycles. The van der Waals surface area contributed by atoms with E-state index in [4.69, 9.17) is 0 Å². The lowest BCUT2D eigenvalue weighted by atomic mass is 9.82. The van der Waals surface area contributed by atoms with Crippen molar-refractivity contribution in [2.24, 2.45) is 4.99 Å². The third-order valence-electron chi connectivity index (χ3n) is 4.49. The fraction of sp³-hybridized carbons (Fsp3) is 0.261. The molecule has 0 atom stereocenters. The van der Waals surface area contributed by atoms with Gasteiger partial charge >= 0.3 is 0 Å². The topological polar surface area (TPSA) is 24.4 Å². The Morgan fingerprint density at radius 1 is 1.04 bits per heavy atom. The summed E-state index contributed by atoms with van der Waals surface area (Å²) in [6.45, 7) is 12.3. The van der Waals surface area contributed by atoms with Crippen molar-refractivity contribution in [3.63, 3.8) is 0 Å². The average Bonchev–Trinajstić information content (AvgIpc) is 2.88. The van der Waals surface area contributed by atoms with Crippen molar-refractivity contribution < 1.29 is 0 Å². The summed E-state index contributed by atoms with van der Waals surface area (Å²) < 4.78 is 0. The van der Waals surface area contributed by atoms with Crippen LogP contribution in [0.25, 0.3) is 11.1 Å². The van der Waals surface area contributed by atoms with Crippen molar-refractivity contribution in [3.05, 3.63) is 78.4 Å². The number of benzene rings is 2. The number of aliphatic imine (C=N–C) groups is 1. The van der Waals surface area contributed by atoms with Gasteiger partial charge in [-0.1, -0.05) is 76.8 Å². The highest BCUT2D eigenvalue weighted by Gasteiger charge is 2.35. The Bertz CT molecular complexity index is 811. The maximum atomic E-state index is 4.26. The van der Waals surface area contributed by atoms with Gasteiger partial charge in [0.15, 0.2) is 0 Å². The number of anilines is 1. The van der Waals surface area contributed by atoms with E-state index in [0.29, 0.717) is 0 Å². The fourth-order valence-electron chi connectivity index (χ4n) is 3.26. The number of rotatable bonds is 3. The molecule has 0 amide bonds. The molecule has 0 bridgehead atoms. The molecule has 0 radical (unpaired) electrons. The number of fused-ring (bicyclic) bond motifs is 3. The second-order valence-corrected chi connectivity index (χ2v) is 6.26. The lowest BCUT2D eigenvalue weighted by Gasteiger charge is -2.22. The number of nitrogens with one attached hydrogen (secondary N) is 1. The third-order valence-corrected chi connectivity index (χ3v) is 4.49. The first-order chi connectivity index (χ1) is 12.1. The standard InChI is InChI=1S/C21H22N2.C2H6/c1-5-6-11-20(22-4)23-15-12-13-17-16-9-7-8-10-18(16)21(2,3)19(17)14-15;1-2/h5-14H,1H2,2-4H3,(H,22,23);1-2H3/b11-6-;. The van der Waals surface area contributed by atoms with Gasteiger partial charge in [-0.05, 0) is 40.5 Å². The minimum Gasteiger partial charge on any atom is -0.341 e. The number of hydrogen-bond donors (Lipinski definition) is 1. The highest BCUT2D eigenvalue weighted by Crippen LogP contribution is 2.49. The Kier molecular flexibility index (Phi) is 5.97. The summed E-state index contributed by atoms with van der Waals surface area (Å²) in [7, 11) is 1.78. The van der Waals surface area contributed by atoms with Crippen LogP contribution in [-0.4, -0.2) is 12.9 Å². The van der Waals surface area contributed by atoms with Crippen LogP contribution in [0.2, 0.25) is 0 Å². The first kappa shape index (κ1) is 18.7. The predicted octanol–water partition coefficient (Wildman–Crippen LogP) is 6.20. The molecule has 0 fully saturated rings. The molecule has 2 aromatic carbocycles. The van der Waals surface area contributed by atoms with E-state index in [1.54, 1.807) is 13.1 Å². The van der Waals surface area contributed by atoms with E-state index in [9.17, 15) is 0 Å². The molecule has 3 rings (SSSR count). The summed E-state index contributed by atoms with van der Waals surface area (Å²) in [5.41, 5.74) is 6.49. The molecule has 2 nitrogen and oxygen atoms in total. The molecule has 0 saturated carbocycles. The second kappa shape index (κ2) is 7.98. The molecule has 25 heavy (non-hydrogen) atoms. The first-order valence-corrected chi connectivity index (χ1v) is 8.85. The number of allylic oxidation sites excluding steroid dienone is 2. The zero-order chi connectivity index (χ0) is 18.4. The molecule has 130 valence electrons. The van der Waals surface area contributed by atoms with E-state index in [0.717, 1.165) is 11.5 Å². The molecular formula is C23H28N2. The number of hydrogen-bond acceptors (Lipinski definition) is 1. The summed E-state index contributed by atoms with van der Waals surface area (Å²) in [5.74, 6) is 0.818. The lowest BCUT2D eigenvalue weighted by Crippen LogP contribution is -2.16. The lowest BCUT2D eigenvalue weighted by molar-refractivity contribution is 0.660. The average molecular weight is 332 g/mol. The Labute approximate surface area is 152 Å². The van der Waals surface area contributed by atoms with E-state index in [-0.39, 0.29) is 5.41 Å². The number of nitrogens with zero attached hydrogens (tertiary/aromatic N) is 1. The molecule has 0 spiro atoms. The summed E-state index contributed by atoms with van der Waals surface area (Å²) in [4.78, 5) is 4.26. The van der Waals surface area contributed by atoms with Gasteiger partial charge in [0.05, 0.1) is 0 Å². The molecule has 1 aliphatic rings. The Morgan fingerprint density at radius 3 is 2.40 bits per heavy atom. The largest absolute Gasteiger partial charge is 0.341 e. The van der Waals surface area contributed by atoms with Crippen LogP contribution in [0.5, 0.6) is 0 Å². The summed E-state index contributed by atoms with van der Waals surface area (Å²) in [5, 5.41) is 3.37. The molecular weight excluding hydrogens is 304 g/mol. The van der Waals surface area contributed by atoms with Crippen LogP contribution in [0, 0.1) is 0 Å². The van der Waals surface area contributed by atoms with Crippen LogP contribution in [0.1, 0.15) is 38.8 Å². The van der Waals surface area contributed by atoms with Gasteiger partial charge in [0, 0.05) is 18.2 Å². The molecule has 0 aromatic heterocycles. The molecule has 0 heterocycles. The van der Waals surface area contributed by atoms with Crippen molar-refractivity contribution in [2.45, 2.75) is 33.1 Å². The number of amidine groups is 1. The van der Waals surface area contributed by atoms with E-state index < -0.39 is 0 Å². The second-order valence-electron chi connectivity index (χ2n) is 6.26. The van der Waals surface area contributed by atoms with Crippen LogP contribution >= 0.6 is 0 Å². The molecule has 0 saturated heterocycles. The van der Waals surface area contributed by atoms with Gasteiger partial charge in [0.2, 0.25) is 0 Å². The quantitative estimate of drug-likeness (QED) is 0.404. The van der Waals surface area contributed by atoms with Crippen molar-refractivity contribution in [1.82, 2.24) is 0 Å². The summed E-state index contributed by atoms with van der Waals surface area (Å²) in [6.07, 6.45) is 5.54. The highest BCUT2D eigenvalue weighted by atomic mass is 15.0. The van der Waals surface area contributed by atoms with Crippen LogP contribution < -0.4 is 5.32 Å². The van der Waals surface area contributed by atoms with Crippen molar-refractivity contribution in [2.75, 3.05) is 12.4 Å². The van der Waals surface area contributed by atoms with Crippen LogP contribution in [-0.2, 0) is 5.41 Å². The van der Waals surface area contributed by atoms with Gasteiger partial charge in [0.25, 0.3) is 0 Å². The van der Waals surface area contributed by atoms with Gasteiger partial charge < -0.3 is 5.32 Å². The SMILES string of the molecule is C=C/C=C\C(=NC)Nc1ccc2c(c1)C(C)(C)c1ccccc1-2.CC. The molecule has 0 unspecified atom stereocenters. The Morgan fingerprint density at radius 2 is 1.72 bits per heavy atom. The highest BCUT2D eigenvalue weighted by molar-refractivity contribution is 6.04. The summed E-state index contributed by atoms with van der Waals surface area (Å²) in [6, 6.07) is 15.2. The van der Waals surface area contributed by atoms with Gasteiger partial charge in [0.1, 0.15) is 5.84 Å². The van der Waals surface area contributed by atoms with Crippen LogP contribution in [0.4, 0.5) is 5.69 Å². The van der Waals surface area contributed by atoms with E-state index in [2.05, 4.69) is 73.2 Å². The van der Waals surface area contributed by atoms with Crippen molar-refractivity contribution in [3.8, 4) is 11.1 Å². The van der Waals surface area contributed by atoms with Crippen LogP contribution in [0.15, 0.2) is 72.3 Å². The zero-order valence-corrected chi connectivity index (χ0v) is 15.9. The Hall–Kier alpha value is -2.61. The van der Waals surface area contributed by atoms with E-state index in [1.165, 1.54) is 22.3 Å².